The number of carbonyl (C=O) groups is 1. The van der Waals surface area contributed by atoms with E-state index in [0.29, 0.717) is 0 Å². The van der Waals surface area contributed by atoms with Crippen LogP contribution in [0.3, 0.4) is 0 Å². The lowest BCUT2D eigenvalue weighted by molar-refractivity contribution is 0.103. The fourth-order valence-electron chi connectivity index (χ4n) is 2.32. The number of benzene rings is 1. The summed E-state index contributed by atoms with van der Waals surface area (Å²) in [6.45, 7) is 0. The Hall–Kier alpha value is -1.83. The van der Waals surface area contributed by atoms with Crippen LogP contribution in [0, 0.1) is 0 Å². The summed E-state index contributed by atoms with van der Waals surface area (Å²) >= 11 is 0. The lowest BCUT2D eigenvalue weighted by atomic mass is 10.1. The van der Waals surface area contributed by atoms with Gasteiger partial charge in [-0.05, 0) is 6.42 Å². The van der Waals surface area contributed by atoms with Gasteiger partial charge in [0.1, 0.15) is 0 Å². The van der Waals surface area contributed by atoms with Gasteiger partial charge in [0.05, 0.1) is 5.70 Å². The summed E-state index contributed by atoms with van der Waals surface area (Å²) in [5, 5.41) is 0. The third-order valence-corrected chi connectivity index (χ3v) is 2.99. The fourth-order valence-corrected chi connectivity index (χ4v) is 2.32. The molecule has 2 heteroatoms. The minimum Gasteiger partial charge on any atom is -0.351 e. The van der Waals surface area contributed by atoms with Crippen LogP contribution >= 0.6 is 0 Å². The monoisotopic (exact) mass is 197 g/mol. The zero-order valence-electron chi connectivity index (χ0n) is 8.53. The summed E-state index contributed by atoms with van der Waals surface area (Å²) < 4.78 is 0. The Morgan fingerprint density at radius 2 is 1.93 bits per heavy atom. The van der Waals surface area contributed by atoms with Gasteiger partial charge < -0.3 is 4.90 Å². The van der Waals surface area contributed by atoms with E-state index in [9.17, 15) is 4.79 Å². The van der Waals surface area contributed by atoms with Crippen LogP contribution in [-0.2, 0) is 0 Å². The van der Waals surface area contributed by atoms with Crippen molar-refractivity contribution in [3.05, 3.63) is 53.2 Å². The molecule has 1 aliphatic heterocycles. The largest absolute Gasteiger partial charge is 0.351 e. The highest BCUT2D eigenvalue weighted by Gasteiger charge is 2.31. The number of Topliss-reactive ketones (excluding diaryl/α,β-unsaturated/α-hetero) is 1. The fraction of sp³-hybridized carbons (Fsp3) is 0.154. The molecule has 0 N–H and O–H groups in total. The number of rotatable bonds is 0. The number of carbonyl (C=O) groups excluding carboxylic acids is 1. The minimum absolute atomic E-state index is 0.191. The van der Waals surface area contributed by atoms with Crippen LogP contribution in [0.4, 0.5) is 0 Å². The molecular formula is C13H11NO. The van der Waals surface area contributed by atoms with Crippen LogP contribution in [0.15, 0.2) is 42.1 Å². The van der Waals surface area contributed by atoms with Crippen molar-refractivity contribution in [2.24, 2.45) is 0 Å². The molecule has 0 unspecified atom stereocenters. The van der Waals surface area contributed by atoms with E-state index in [-0.39, 0.29) is 5.78 Å². The van der Waals surface area contributed by atoms with Crippen molar-refractivity contribution in [2.75, 3.05) is 7.05 Å². The minimum atomic E-state index is 0.191. The number of ketones is 1. The van der Waals surface area contributed by atoms with Crippen molar-refractivity contribution < 1.29 is 4.79 Å². The lowest BCUT2D eigenvalue weighted by Crippen LogP contribution is -2.13. The molecule has 15 heavy (non-hydrogen) atoms. The number of nitrogens with zero attached hydrogens (tertiary/aromatic N) is 1. The Balaban J connectivity index is 2.25. The van der Waals surface area contributed by atoms with Crippen molar-refractivity contribution in [3.8, 4) is 0 Å². The molecule has 0 bridgehead atoms. The number of fused-ring (bicyclic) bond motifs is 2. The summed E-state index contributed by atoms with van der Waals surface area (Å²) in [4.78, 5) is 14.1. The maximum absolute atomic E-state index is 12.1. The second-order valence-corrected chi connectivity index (χ2v) is 3.90. The Kier molecular flexibility index (Phi) is 1.60. The molecule has 1 aromatic carbocycles. The Labute approximate surface area is 88.5 Å². The van der Waals surface area contributed by atoms with Crippen LogP contribution in [0.5, 0.6) is 0 Å². The van der Waals surface area contributed by atoms with Gasteiger partial charge in [-0.1, -0.05) is 30.3 Å². The van der Waals surface area contributed by atoms with Gasteiger partial charge in [0.2, 0.25) is 0 Å². The first-order valence-corrected chi connectivity index (χ1v) is 5.06. The molecule has 0 radical (unpaired) electrons. The summed E-state index contributed by atoms with van der Waals surface area (Å²) in [5.74, 6) is 0.191. The van der Waals surface area contributed by atoms with Crippen molar-refractivity contribution in [1.82, 2.24) is 4.90 Å². The molecule has 0 amide bonds. The quantitative estimate of drug-likeness (QED) is 0.636. The molecule has 2 aliphatic rings. The summed E-state index contributed by atoms with van der Waals surface area (Å²) in [7, 11) is 1.99. The summed E-state index contributed by atoms with van der Waals surface area (Å²) in [6.07, 6.45) is 4.81. The second kappa shape index (κ2) is 2.83. The first-order valence-electron chi connectivity index (χ1n) is 5.06. The van der Waals surface area contributed by atoms with Gasteiger partial charge in [0.15, 0.2) is 5.78 Å². The number of hydrogen-bond acceptors (Lipinski definition) is 2. The van der Waals surface area contributed by atoms with E-state index in [2.05, 4.69) is 0 Å². The maximum Gasteiger partial charge on any atom is 0.192 e. The highest BCUT2D eigenvalue weighted by atomic mass is 16.1. The zero-order chi connectivity index (χ0) is 10.4. The third-order valence-electron chi connectivity index (χ3n) is 2.99. The van der Waals surface area contributed by atoms with Crippen molar-refractivity contribution in [1.29, 1.82) is 0 Å². The molecule has 0 saturated carbocycles. The average molecular weight is 197 g/mol. The molecule has 2 nitrogen and oxygen atoms in total. The maximum atomic E-state index is 12.1. The molecule has 0 spiro atoms. The van der Waals surface area contributed by atoms with E-state index in [1.54, 1.807) is 0 Å². The van der Waals surface area contributed by atoms with E-state index in [1.165, 1.54) is 0 Å². The van der Waals surface area contributed by atoms with Gasteiger partial charge in [-0.3, -0.25) is 4.79 Å². The molecule has 74 valence electrons. The Morgan fingerprint density at radius 1 is 1.20 bits per heavy atom. The molecule has 0 atom stereocenters. The lowest BCUT2D eigenvalue weighted by Gasteiger charge is -2.21. The highest BCUT2D eigenvalue weighted by molar-refractivity contribution is 6.20. The molecular weight excluding hydrogens is 186 g/mol. The molecule has 3 rings (SSSR count). The molecule has 0 fully saturated rings. The van der Waals surface area contributed by atoms with Crippen LogP contribution in [0.2, 0.25) is 0 Å². The Bertz CT molecular complexity index is 511. The van der Waals surface area contributed by atoms with Gasteiger partial charge in [-0.25, -0.2) is 0 Å². The van der Waals surface area contributed by atoms with Gasteiger partial charge in [0.25, 0.3) is 0 Å². The first kappa shape index (κ1) is 8.48. The SMILES string of the molecule is CN1C=CCC2=C1c1ccccc1C2=O. The standard InChI is InChI=1S/C13H11NO/c1-14-8-4-7-11-12(14)9-5-2-3-6-10(9)13(11)15/h2-6,8H,7H2,1H3. The van der Waals surface area contributed by atoms with Crippen LogP contribution < -0.4 is 0 Å². The van der Waals surface area contributed by atoms with Crippen LogP contribution in [-0.4, -0.2) is 17.7 Å². The predicted octanol–water partition coefficient (Wildman–Crippen LogP) is 2.44. The average Bonchev–Trinajstić information content (AvgIpc) is 2.55. The van der Waals surface area contributed by atoms with Gasteiger partial charge in [-0.15, -0.1) is 0 Å². The van der Waals surface area contributed by atoms with Crippen LogP contribution in [0.25, 0.3) is 5.70 Å². The van der Waals surface area contributed by atoms with Crippen LogP contribution in [0.1, 0.15) is 22.3 Å². The third kappa shape index (κ3) is 1.02. The van der Waals surface area contributed by atoms with E-state index in [4.69, 9.17) is 0 Å². The normalized spacial score (nSPS) is 18.2. The summed E-state index contributed by atoms with van der Waals surface area (Å²) in [6, 6.07) is 7.83. The molecule has 0 aromatic heterocycles. The zero-order valence-corrected chi connectivity index (χ0v) is 8.53. The first-order chi connectivity index (χ1) is 7.29. The summed E-state index contributed by atoms with van der Waals surface area (Å²) in [5.41, 5.74) is 3.93. The van der Waals surface area contributed by atoms with Crippen molar-refractivity contribution in [2.45, 2.75) is 6.42 Å². The Morgan fingerprint density at radius 3 is 2.73 bits per heavy atom. The van der Waals surface area contributed by atoms with Crippen molar-refractivity contribution >= 4 is 11.5 Å². The van der Waals surface area contributed by atoms with Gasteiger partial charge in [0, 0.05) is 29.9 Å². The molecule has 0 saturated heterocycles. The molecule has 1 aromatic rings. The molecule has 1 aliphatic carbocycles. The van der Waals surface area contributed by atoms with Crippen molar-refractivity contribution in [3.63, 3.8) is 0 Å². The second-order valence-electron chi connectivity index (χ2n) is 3.90. The number of hydrogen-bond donors (Lipinski definition) is 0. The topological polar surface area (TPSA) is 20.3 Å². The van der Waals surface area contributed by atoms with E-state index in [1.807, 2.05) is 48.5 Å². The van der Waals surface area contributed by atoms with Gasteiger partial charge >= 0.3 is 0 Å². The van der Waals surface area contributed by atoms with E-state index < -0.39 is 0 Å². The smallest absolute Gasteiger partial charge is 0.192 e. The number of allylic oxidation sites excluding steroid dienone is 2. The highest BCUT2D eigenvalue weighted by Crippen LogP contribution is 2.38. The predicted molar refractivity (Wildman–Crippen MR) is 59.2 cm³/mol. The van der Waals surface area contributed by atoms with E-state index in [0.717, 1.165) is 28.8 Å². The molecule has 1 heterocycles. The van der Waals surface area contributed by atoms with Gasteiger partial charge in [-0.2, -0.15) is 0 Å². The van der Waals surface area contributed by atoms with E-state index >= 15 is 0 Å².